The highest BCUT2D eigenvalue weighted by atomic mass is 35.5. The van der Waals surface area contributed by atoms with E-state index in [9.17, 15) is 17.6 Å². The number of alkyl halides is 3. The highest BCUT2D eigenvalue weighted by molar-refractivity contribution is 5.85. The van der Waals surface area contributed by atoms with Crippen molar-refractivity contribution >= 4 is 18.4 Å². The second kappa shape index (κ2) is 9.65. The maximum atomic E-state index is 14.5. The highest BCUT2D eigenvalue weighted by Crippen LogP contribution is 2.32. The van der Waals surface area contributed by atoms with Crippen LogP contribution >= 0.6 is 12.4 Å². The van der Waals surface area contributed by atoms with Crippen LogP contribution in [0.4, 0.5) is 17.6 Å². The average Bonchev–Trinajstić information content (AvgIpc) is 3.42. The summed E-state index contributed by atoms with van der Waals surface area (Å²) in [5.74, 6) is -0.324. The second-order valence-corrected chi connectivity index (χ2v) is 7.32. The number of aromatic nitrogens is 2. The number of ether oxygens (including phenoxy) is 1. The summed E-state index contributed by atoms with van der Waals surface area (Å²) in [6.45, 7) is 0.528. The molecule has 0 aliphatic carbocycles. The monoisotopic (exact) mass is 485 g/mol. The van der Waals surface area contributed by atoms with Crippen LogP contribution in [0, 0.1) is 11.2 Å². The van der Waals surface area contributed by atoms with Crippen molar-refractivity contribution in [2.45, 2.75) is 31.7 Å². The Labute approximate surface area is 192 Å². The van der Waals surface area contributed by atoms with Gasteiger partial charge in [0.1, 0.15) is 12.6 Å². The average molecular weight is 486 g/mol. The second-order valence-electron chi connectivity index (χ2n) is 7.32. The number of hydrogen-bond donors (Lipinski definition) is 2. The molecule has 1 aromatic heterocycles. The summed E-state index contributed by atoms with van der Waals surface area (Å²) in [6.07, 6.45) is -2.87. The van der Waals surface area contributed by atoms with Crippen LogP contribution in [0.2, 0.25) is 0 Å². The van der Waals surface area contributed by atoms with Crippen molar-refractivity contribution in [3.8, 4) is 17.1 Å². The van der Waals surface area contributed by atoms with E-state index < -0.39 is 17.6 Å². The zero-order valence-corrected chi connectivity index (χ0v) is 17.9. The van der Waals surface area contributed by atoms with Crippen LogP contribution in [0.25, 0.3) is 11.4 Å². The van der Waals surface area contributed by atoms with Crippen molar-refractivity contribution in [1.82, 2.24) is 15.0 Å². The highest BCUT2D eigenvalue weighted by Gasteiger charge is 2.32. The molecule has 0 spiro atoms. The fraction of sp³-hybridized carbons (Fsp3) is 0.286. The Bertz CT molecular complexity index is 1120. The summed E-state index contributed by atoms with van der Waals surface area (Å²) >= 11 is 0. The Morgan fingerprint density at radius 2 is 1.94 bits per heavy atom. The minimum absolute atomic E-state index is 0. The normalized spacial score (nSPS) is 15.9. The molecule has 0 unspecified atom stereocenters. The SMILES string of the molecule is Cl.N=C(N)N1CCC[C@H]1c1nc(-c2ccc(OCc3ccc(C(F)(F)F)cc3)c(F)c2)no1. The van der Waals surface area contributed by atoms with Gasteiger partial charge in [0.25, 0.3) is 0 Å². The fourth-order valence-electron chi connectivity index (χ4n) is 3.51. The van der Waals surface area contributed by atoms with Gasteiger partial charge in [-0.1, -0.05) is 17.3 Å². The minimum atomic E-state index is -4.42. The van der Waals surface area contributed by atoms with Crippen LogP contribution < -0.4 is 10.5 Å². The molecule has 1 fully saturated rings. The number of guanidine groups is 1. The molecule has 1 aliphatic rings. The smallest absolute Gasteiger partial charge is 0.416 e. The van der Waals surface area contributed by atoms with Gasteiger partial charge in [-0.25, -0.2) is 4.39 Å². The van der Waals surface area contributed by atoms with Gasteiger partial charge >= 0.3 is 6.18 Å². The summed E-state index contributed by atoms with van der Waals surface area (Å²) < 4.78 is 63.1. The fourth-order valence-corrected chi connectivity index (χ4v) is 3.51. The number of rotatable bonds is 5. The summed E-state index contributed by atoms with van der Waals surface area (Å²) in [5.41, 5.74) is 5.65. The van der Waals surface area contributed by atoms with Crippen molar-refractivity contribution in [3.05, 3.63) is 65.3 Å². The maximum Gasteiger partial charge on any atom is 0.416 e. The van der Waals surface area contributed by atoms with Gasteiger partial charge in [0.2, 0.25) is 11.7 Å². The lowest BCUT2D eigenvalue weighted by Crippen LogP contribution is -2.35. The molecule has 2 heterocycles. The number of hydrogen-bond acceptors (Lipinski definition) is 5. The lowest BCUT2D eigenvalue weighted by Gasteiger charge is -2.21. The molecule has 0 saturated carbocycles. The van der Waals surface area contributed by atoms with E-state index in [-0.39, 0.29) is 42.6 Å². The van der Waals surface area contributed by atoms with Gasteiger partial charge in [0.05, 0.1) is 5.56 Å². The third-order valence-corrected chi connectivity index (χ3v) is 5.15. The van der Waals surface area contributed by atoms with Crippen molar-refractivity contribution < 1.29 is 26.8 Å². The summed E-state index contributed by atoms with van der Waals surface area (Å²) in [4.78, 5) is 5.98. The van der Waals surface area contributed by atoms with E-state index in [1.54, 1.807) is 11.0 Å². The number of nitrogens with two attached hydrogens (primary N) is 1. The lowest BCUT2D eigenvalue weighted by atomic mass is 10.1. The zero-order valence-electron chi connectivity index (χ0n) is 17.1. The number of halogens is 5. The van der Waals surface area contributed by atoms with Crippen LogP contribution in [0.3, 0.4) is 0 Å². The molecule has 2 aromatic carbocycles. The quantitative estimate of drug-likeness (QED) is 0.302. The van der Waals surface area contributed by atoms with Crippen LogP contribution in [-0.4, -0.2) is 27.5 Å². The molecule has 1 aliphatic heterocycles. The Balaban J connectivity index is 0.00000306. The third-order valence-electron chi connectivity index (χ3n) is 5.15. The zero-order chi connectivity index (χ0) is 22.9. The van der Waals surface area contributed by atoms with Crippen LogP contribution in [-0.2, 0) is 12.8 Å². The van der Waals surface area contributed by atoms with Gasteiger partial charge < -0.3 is 19.9 Å². The van der Waals surface area contributed by atoms with Gasteiger partial charge in [0, 0.05) is 12.1 Å². The molecular formula is C21H20ClF4N5O2. The Morgan fingerprint density at radius 3 is 2.58 bits per heavy atom. The predicted octanol–water partition coefficient (Wildman–Crippen LogP) is 4.93. The van der Waals surface area contributed by atoms with Crippen molar-refractivity contribution in [2.24, 2.45) is 5.73 Å². The first-order chi connectivity index (χ1) is 15.2. The first-order valence-electron chi connectivity index (χ1n) is 9.75. The largest absolute Gasteiger partial charge is 0.486 e. The molecule has 4 rings (SSSR count). The molecule has 1 atom stereocenters. The Hall–Kier alpha value is -3.34. The van der Waals surface area contributed by atoms with E-state index in [0.29, 0.717) is 30.0 Å². The third kappa shape index (κ3) is 5.36. The van der Waals surface area contributed by atoms with Crippen molar-refractivity contribution in [2.75, 3.05) is 6.54 Å². The number of benzene rings is 2. The summed E-state index contributed by atoms with van der Waals surface area (Å²) in [6, 6.07) is 8.30. The molecule has 176 valence electrons. The van der Waals surface area contributed by atoms with Crippen molar-refractivity contribution in [3.63, 3.8) is 0 Å². The van der Waals surface area contributed by atoms with E-state index >= 15 is 0 Å². The minimum Gasteiger partial charge on any atom is -0.486 e. The van der Waals surface area contributed by atoms with E-state index in [2.05, 4.69) is 10.1 Å². The molecule has 0 radical (unpaired) electrons. The van der Waals surface area contributed by atoms with Crippen LogP contribution in [0.5, 0.6) is 5.75 Å². The molecule has 3 N–H and O–H groups in total. The van der Waals surface area contributed by atoms with E-state index in [1.165, 1.54) is 24.3 Å². The maximum absolute atomic E-state index is 14.5. The Kier molecular flexibility index (Phi) is 7.11. The number of nitrogens with one attached hydrogen (secondary N) is 1. The number of likely N-dealkylation sites (tertiary alicyclic amines) is 1. The van der Waals surface area contributed by atoms with Crippen LogP contribution in [0.15, 0.2) is 47.0 Å². The van der Waals surface area contributed by atoms with Gasteiger partial charge in [-0.3, -0.25) is 5.41 Å². The topological polar surface area (TPSA) is 101 Å². The van der Waals surface area contributed by atoms with E-state index in [1.807, 2.05) is 0 Å². The van der Waals surface area contributed by atoms with Gasteiger partial charge in [0.15, 0.2) is 17.5 Å². The standard InChI is InChI=1S/C21H19F4N5O2.ClH/c22-15-10-13(18-28-19(32-29-18)16-2-1-9-30(16)20(26)27)5-8-17(15)31-11-12-3-6-14(7-4-12)21(23,24)25;/h3-8,10,16H,1-2,9,11H2,(H3,26,27);1H/t16-;/m0./s1. The molecule has 12 heteroatoms. The van der Waals surface area contributed by atoms with Gasteiger partial charge in [-0.05, 0) is 48.7 Å². The van der Waals surface area contributed by atoms with Crippen molar-refractivity contribution in [1.29, 1.82) is 5.41 Å². The molecule has 33 heavy (non-hydrogen) atoms. The molecule has 7 nitrogen and oxygen atoms in total. The molecule has 3 aromatic rings. The summed E-state index contributed by atoms with van der Waals surface area (Å²) in [5, 5.41) is 11.5. The van der Waals surface area contributed by atoms with E-state index in [4.69, 9.17) is 20.4 Å². The first kappa shape index (κ1) is 24.3. The first-order valence-corrected chi connectivity index (χ1v) is 9.75. The van der Waals surface area contributed by atoms with Crippen LogP contribution in [0.1, 0.15) is 35.9 Å². The molecular weight excluding hydrogens is 466 g/mol. The molecule has 0 amide bonds. The number of nitrogens with zero attached hydrogens (tertiary/aromatic N) is 3. The lowest BCUT2D eigenvalue weighted by molar-refractivity contribution is -0.137. The van der Waals surface area contributed by atoms with Gasteiger partial charge in [-0.2, -0.15) is 18.2 Å². The molecule has 1 saturated heterocycles. The summed E-state index contributed by atoms with van der Waals surface area (Å²) in [7, 11) is 0. The Morgan fingerprint density at radius 1 is 1.21 bits per heavy atom. The molecule has 0 bridgehead atoms. The van der Waals surface area contributed by atoms with E-state index in [0.717, 1.165) is 18.6 Å². The van der Waals surface area contributed by atoms with Gasteiger partial charge in [-0.15, -0.1) is 12.4 Å². The predicted molar refractivity (Wildman–Crippen MR) is 113 cm³/mol.